The molecule has 0 amide bonds. The van der Waals surface area contributed by atoms with E-state index in [-0.39, 0.29) is 0 Å². The third-order valence-electron chi connectivity index (χ3n) is 5.89. The molecule has 0 saturated carbocycles. The van der Waals surface area contributed by atoms with Gasteiger partial charge >= 0.3 is 0 Å². The van der Waals surface area contributed by atoms with Gasteiger partial charge < -0.3 is 0 Å². The minimum Gasteiger partial charge on any atom is -0.260 e. The largest absolute Gasteiger partial charge is 0.260 e. The minimum atomic E-state index is 0.854. The summed E-state index contributed by atoms with van der Waals surface area (Å²) in [5.74, 6) is 0. The summed E-state index contributed by atoms with van der Waals surface area (Å²) in [7, 11) is 0. The number of aromatic nitrogens is 4. The molecule has 0 spiro atoms. The number of pyridine rings is 3. The second-order valence-corrected chi connectivity index (χ2v) is 7.35. The van der Waals surface area contributed by atoms with E-state index in [1.807, 2.05) is 30.6 Å². The molecule has 130 valence electrons. The molecule has 1 aliphatic rings. The van der Waals surface area contributed by atoms with Crippen molar-refractivity contribution in [1.29, 1.82) is 0 Å². The van der Waals surface area contributed by atoms with Gasteiger partial charge in [0, 0.05) is 23.2 Å². The second-order valence-electron chi connectivity index (χ2n) is 7.35. The molecule has 7 rings (SSSR count). The minimum absolute atomic E-state index is 0.854. The lowest BCUT2D eigenvalue weighted by Gasteiger charge is -2.12. The van der Waals surface area contributed by atoms with Crippen LogP contribution in [-0.4, -0.2) is 19.4 Å². The first-order valence-electron chi connectivity index (χ1n) is 9.44. The van der Waals surface area contributed by atoms with Gasteiger partial charge in [0.05, 0.1) is 0 Å². The van der Waals surface area contributed by atoms with Gasteiger partial charge in [0.1, 0.15) is 16.8 Å². The van der Waals surface area contributed by atoms with Gasteiger partial charge in [-0.1, -0.05) is 36.4 Å². The van der Waals surface area contributed by atoms with Crippen LogP contribution < -0.4 is 0 Å². The van der Waals surface area contributed by atoms with Crippen LogP contribution in [0.2, 0.25) is 0 Å². The Balaban J connectivity index is 1.84. The van der Waals surface area contributed by atoms with Crippen molar-refractivity contribution >= 4 is 38.6 Å². The topological polar surface area (TPSA) is 43.1 Å². The molecule has 28 heavy (non-hydrogen) atoms. The van der Waals surface area contributed by atoms with E-state index in [0.29, 0.717) is 0 Å². The SMILES string of the molecule is c1ccc2c(c1)Cc1ccc3c4cccnc4n4c5ncccc5nc4c3c1-2. The predicted molar refractivity (Wildman–Crippen MR) is 112 cm³/mol. The molecule has 0 fully saturated rings. The van der Waals surface area contributed by atoms with E-state index in [0.717, 1.165) is 34.3 Å². The van der Waals surface area contributed by atoms with Crippen LogP contribution in [-0.2, 0) is 6.42 Å². The summed E-state index contributed by atoms with van der Waals surface area (Å²) in [5, 5.41) is 3.52. The Morgan fingerprint density at radius 3 is 2.50 bits per heavy atom. The van der Waals surface area contributed by atoms with Crippen molar-refractivity contribution in [2.24, 2.45) is 0 Å². The van der Waals surface area contributed by atoms with Crippen LogP contribution in [0.3, 0.4) is 0 Å². The Hall–Kier alpha value is -3.79. The summed E-state index contributed by atoms with van der Waals surface area (Å²) < 4.78 is 2.12. The Bertz CT molecular complexity index is 1590. The van der Waals surface area contributed by atoms with Crippen LogP contribution >= 0.6 is 0 Å². The van der Waals surface area contributed by atoms with Gasteiger partial charge in [-0.3, -0.25) is 4.40 Å². The molecule has 4 heteroatoms. The van der Waals surface area contributed by atoms with Crippen LogP contribution in [0.1, 0.15) is 11.1 Å². The standard InChI is InChI=1S/C24H14N4/c1-2-6-16-14(5-1)13-15-9-10-17-18-7-3-11-25-22(18)28-23-19(8-4-12-26-23)27-24(28)21(17)20(15)16/h1-12H,13H2. The van der Waals surface area contributed by atoms with E-state index < -0.39 is 0 Å². The van der Waals surface area contributed by atoms with Crippen LogP contribution in [0.5, 0.6) is 0 Å². The van der Waals surface area contributed by atoms with E-state index in [4.69, 9.17) is 9.97 Å². The van der Waals surface area contributed by atoms with E-state index >= 15 is 0 Å². The van der Waals surface area contributed by atoms with Gasteiger partial charge in [-0.05, 0) is 58.3 Å². The molecule has 0 radical (unpaired) electrons. The molecule has 0 N–H and O–H groups in total. The fourth-order valence-corrected chi connectivity index (χ4v) is 4.75. The quantitative estimate of drug-likeness (QED) is 0.352. The highest BCUT2D eigenvalue weighted by Crippen LogP contribution is 2.44. The summed E-state index contributed by atoms with van der Waals surface area (Å²) in [6, 6.07) is 21.3. The molecular formula is C24H14N4. The highest BCUT2D eigenvalue weighted by Gasteiger charge is 2.24. The van der Waals surface area contributed by atoms with Gasteiger partial charge in [-0.2, -0.15) is 0 Å². The first-order chi connectivity index (χ1) is 13.9. The zero-order chi connectivity index (χ0) is 18.2. The summed E-state index contributed by atoms with van der Waals surface area (Å²) in [4.78, 5) is 14.3. The third kappa shape index (κ3) is 1.63. The van der Waals surface area contributed by atoms with Gasteiger partial charge in [-0.15, -0.1) is 0 Å². The number of rotatable bonds is 0. The van der Waals surface area contributed by atoms with Crippen molar-refractivity contribution < 1.29 is 0 Å². The lowest BCUT2D eigenvalue weighted by Crippen LogP contribution is -1.96. The van der Waals surface area contributed by atoms with Crippen molar-refractivity contribution in [2.75, 3.05) is 0 Å². The predicted octanol–water partition coefficient (Wildman–Crippen LogP) is 5.16. The zero-order valence-corrected chi connectivity index (χ0v) is 14.9. The number of imidazole rings is 1. The lowest BCUT2D eigenvalue weighted by atomic mass is 9.97. The van der Waals surface area contributed by atoms with Crippen LogP contribution in [0.15, 0.2) is 73.1 Å². The smallest absolute Gasteiger partial charge is 0.166 e. The molecule has 2 aromatic carbocycles. The average Bonchev–Trinajstić information content (AvgIpc) is 3.32. The van der Waals surface area contributed by atoms with Gasteiger partial charge in [0.2, 0.25) is 0 Å². The highest BCUT2D eigenvalue weighted by molar-refractivity contribution is 6.19. The van der Waals surface area contributed by atoms with Gasteiger partial charge in [0.15, 0.2) is 5.65 Å². The van der Waals surface area contributed by atoms with Crippen LogP contribution in [0.25, 0.3) is 49.7 Å². The molecular weight excluding hydrogens is 344 g/mol. The third-order valence-corrected chi connectivity index (χ3v) is 5.89. The number of fused-ring (bicyclic) bond motifs is 12. The molecule has 4 aromatic heterocycles. The summed E-state index contributed by atoms with van der Waals surface area (Å²) in [5.41, 5.74) is 8.94. The van der Waals surface area contributed by atoms with Crippen LogP contribution in [0.4, 0.5) is 0 Å². The molecule has 6 aromatic rings. The summed E-state index contributed by atoms with van der Waals surface area (Å²) >= 11 is 0. The normalized spacial score (nSPS) is 12.9. The lowest BCUT2D eigenvalue weighted by molar-refractivity contribution is 1.20. The number of benzene rings is 2. The monoisotopic (exact) mass is 358 g/mol. The molecule has 0 atom stereocenters. The first kappa shape index (κ1) is 14.3. The molecule has 0 bridgehead atoms. The Morgan fingerprint density at radius 2 is 1.54 bits per heavy atom. The van der Waals surface area contributed by atoms with Crippen molar-refractivity contribution in [1.82, 2.24) is 19.4 Å². The molecule has 1 aliphatic carbocycles. The average molecular weight is 358 g/mol. The van der Waals surface area contributed by atoms with Crippen molar-refractivity contribution in [3.05, 3.63) is 84.2 Å². The number of nitrogens with zero attached hydrogens (tertiary/aromatic N) is 4. The fourth-order valence-electron chi connectivity index (χ4n) is 4.75. The molecule has 4 nitrogen and oxygen atoms in total. The fraction of sp³-hybridized carbons (Fsp3) is 0.0417. The molecule has 0 unspecified atom stereocenters. The first-order valence-corrected chi connectivity index (χ1v) is 9.44. The summed E-state index contributed by atoms with van der Waals surface area (Å²) in [6.07, 6.45) is 4.63. The number of hydrogen-bond donors (Lipinski definition) is 0. The van der Waals surface area contributed by atoms with E-state index in [9.17, 15) is 0 Å². The number of hydrogen-bond acceptors (Lipinski definition) is 3. The highest BCUT2D eigenvalue weighted by atomic mass is 15.1. The Kier molecular flexibility index (Phi) is 2.51. The molecule has 4 heterocycles. The maximum absolute atomic E-state index is 5.00. The Labute approximate surface area is 160 Å². The Morgan fingerprint density at radius 1 is 0.679 bits per heavy atom. The summed E-state index contributed by atoms with van der Waals surface area (Å²) in [6.45, 7) is 0. The molecule has 0 aliphatic heterocycles. The maximum atomic E-state index is 5.00. The van der Waals surface area contributed by atoms with Crippen molar-refractivity contribution in [3.8, 4) is 11.1 Å². The second kappa shape index (κ2) is 4.93. The molecule has 0 saturated heterocycles. The van der Waals surface area contributed by atoms with Gasteiger partial charge in [0.25, 0.3) is 0 Å². The van der Waals surface area contributed by atoms with Crippen molar-refractivity contribution in [2.45, 2.75) is 6.42 Å². The maximum Gasteiger partial charge on any atom is 0.166 e. The van der Waals surface area contributed by atoms with E-state index in [1.165, 1.54) is 33.0 Å². The van der Waals surface area contributed by atoms with Crippen molar-refractivity contribution in [3.63, 3.8) is 0 Å². The van der Waals surface area contributed by atoms with Gasteiger partial charge in [-0.25, -0.2) is 15.0 Å². The zero-order valence-electron chi connectivity index (χ0n) is 14.9. The van der Waals surface area contributed by atoms with Crippen LogP contribution in [0, 0.1) is 0 Å². The van der Waals surface area contributed by atoms with E-state index in [2.05, 4.69) is 51.8 Å². The van der Waals surface area contributed by atoms with E-state index in [1.54, 1.807) is 0 Å².